The lowest BCUT2D eigenvalue weighted by Gasteiger charge is -2.37. The van der Waals surface area contributed by atoms with Gasteiger partial charge in [0.25, 0.3) is 0 Å². The Morgan fingerprint density at radius 2 is 1.43 bits per heavy atom. The van der Waals surface area contributed by atoms with E-state index in [0.29, 0.717) is 13.1 Å². The number of hydrogen-bond acceptors (Lipinski definition) is 6. The summed E-state index contributed by atoms with van der Waals surface area (Å²) in [5.41, 5.74) is 11.7. The van der Waals surface area contributed by atoms with Crippen molar-refractivity contribution in [2.24, 2.45) is 11.5 Å². The summed E-state index contributed by atoms with van der Waals surface area (Å²) in [6, 6.07) is 18.5. The van der Waals surface area contributed by atoms with Crippen LogP contribution in [0.4, 0.5) is 0 Å². The van der Waals surface area contributed by atoms with Gasteiger partial charge in [0, 0.05) is 0 Å². The number of nitrogens with one attached hydrogen (secondary N) is 1. The normalized spacial score (nSPS) is 14.6. The summed E-state index contributed by atoms with van der Waals surface area (Å²) in [4.78, 5) is 30.0. The topological polar surface area (TPSA) is 125 Å². The molecule has 0 saturated carbocycles. The van der Waals surface area contributed by atoms with Gasteiger partial charge in [0.15, 0.2) is 0 Å². The summed E-state index contributed by atoms with van der Waals surface area (Å²) < 4.78 is 0. The maximum atomic E-state index is 13.6. The van der Waals surface area contributed by atoms with Crippen LogP contribution < -0.4 is 16.8 Å². The zero-order valence-electron chi connectivity index (χ0n) is 21.2. The fourth-order valence-electron chi connectivity index (χ4n) is 3.98. The van der Waals surface area contributed by atoms with Crippen molar-refractivity contribution in [2.45, 2.75) is 51.4 Å². The summed E-state index contributed by atoms with van der Waals surface area (Å²) in [6.45, 7) is 6.49. The molecular formula is C27H41N5O3. The van der Waals surface area contributed by atoms with Crippen molar-refractivity contribution in [2.75, 3.05) is 32.7 Å². The van der Waals surface area contributed by atoms with E-state index in [-0.39, 0.29) is 43.5 Å². The van der Waals surface area contributed by atoms with Crippen molar-refractivity contribution in [1.29, 1.82) is 0 Å². The highest BCUT2D eigenvalue weighted by atomic mass is 16.3. The van der Waals surface area contributed by atoms with Crippen LogP contribution in [-0.2, 0) is 9.59 Å². The Kier molecular flexibility index (Phi) is 11.3. The maximum Gasteiger partial charge on any atom is 0.242 e. The molecule has 0 aliphatic heterocycles. The van der Waals surface area contributed by atoms with Crippen LogP contribution in [0.25, 0.3) is 0 Å². The number of carbonyl (C=O) groups is 2. The number of benzene rings is 2. The zero-order chi connectivity index (χ0) is 25.8. The van der Waals surface area contributed by atoms with Gasteiger partial charge in [-0.3, -0.25) is 9.59 Å². The molecule has 35 heavy (non-hydrogen) atoms. The summed E-state index contributed by atoms with van der Waals surface area (Å²) in [7, 11) is 0. The van der Waals surface area contributed by atoms with Crippen LogP contribution in [0.5, 0.6) is 0 Å². The van der Waals surface area contributed by atoms with E-state index in [9.17, 15) is 14.7 Å². The average molecular weight is 484 g/mol. The molecule has 0 spiro atoms. The summed E-state index contributed by atoms with van der Waals surface area (Å²) >= 11 is 0. The molecule has 3 atom stereocenters. The molecule has 8 heteroatoms. The first-order valence-electron chi connectivity index (χ1n) is 12.2. The lowest BCUT2D eigenvalue weighted by Crippen LogP contribution is -2.53. The van der Waals surface area contributed by atoms with Gasteiger partial charge in [0.1, 0.15) is 12.3 Å². The molecular weight excluding hydrogens is 442 g/mol. The van der Waals surface area contributed by atoms with Gasteiger partial charge < -0.3 is 31.7 Å². The number of rotatable bonds is 14. The second-order valence-corrected chi connectivity index (χ2v) is 9.25. The Hall–Kier alpha value is -2.78. The molecule has 0 heterocycles. The molecule has 8 nitrogen and oxygen atoms in total. The van der Waals surface area contributed by atoms with Crippen molar-refractivity contribution < 1.29 is 14.7 Å². The Morgan fingerprint density at radius 1 is 0.914 bits per heavy atom. The van der Waals surface area contributed by atoms with Gasteiger partial charge in [-0.1, -0.05) is 60.7 Å². The second-order valence-electron chi connectivity index (χ2n) is 9.25. The predicted octanol–water partition coefficient (Wildman–Crippen LogP) is 2.16. The lowest BCUT2D eigenvalue weighted by atomic mass is 10.0. The summed E-state index contributed by atoms with van der Waals surface area (Å²) in [5.74, 6) is -0.458. The van der Waals surface area contributed by atoms with Crippen LogP contribution >= 0.6 is 0 Å². The molecule has 6 N–H and O–H groups in total. The number of nitrogens with two attached hydrogens (primary N) is 2. The minimum atomic E-state index is -1.58. The van der Waals surface area contributed by atoms with Crippen molar-refractivity contribution in [3.05, 3.63) is 71.8 Å². The standard InChI is InChI=1S/C27H41N5O3/c1-21(23-12-6-4-7-13-23)31(25(33)18-30-17-11-10-16-28)19-26(34)32(20-27(3,29)35)22(2)24-14-8-5-9-15-24/h4-9,12-15,21-22,30,35H,10-11,16-20,28-29H2,1-3H3/t21-,22-,27?/m0/s1. The van der Waals surface area contributed by atoms with E-state index >= 15 is 0 Å². The molecule has 0 aliphatic carbocycles. The maximum absolute atomic E-state index is 13.6. The fourth-order valence-corrected chi connectivity index (χ4v) is 3.98. The molecule has 2 amide bonds. The third-order valence-electron chi connectivity index (χ3n) is 6.02. The van der Waals surface area contributed by atoms with Crippen LogP contribution in [-0.4, -0.2) is 65.2 Å². The lowest BCUT2D eigenvalue weighted by molar-refractivity contribution is -0.145. The van der Waals surface area contributed by atoms with Gasteiger partial charge in [-0.2, -0.15) is 0 Å². The number of aliphatic hydroxyl groups is 1. The van der Waals surface area contributed by atoms with E-state index in [2.05, 4.69) is 5.32 Å². The van der Waals surface area contributed by atoms with Crippen LogP contribution in [0, 0.1) is 0 Å². The first kappa shape index (κ1) is 28.5. The van der Waals surface area contributed by atoms with Crippen LogP contribution in [0.3, 0.4) is 0 Å². The van der Waals surface area contributed by atoms with Gasteiger partial charge >= 0.3 is 0 Å². The molecule has 2 aromatic rings. The van der Waals surface area contributed by atoms with Gasteiger partial charge in [-0.25, -0.2) is 0 Å². The number of hydrogen-bond donors (Lipinski definition) is 4. The highest BCUT2D eigenvalue weighted by molar-refractivity contribution is 5.86. The Labute approximate surface area is 209 Å². The van der Waals surface area contributed by atoms with Gasteiger partial charge in [-0.05, 0) is 57.8 Å². The van der Waals surface area contributed by atoms with E-state index in [1.54, 1.807) is 9.80 Å². The molecule has 0 aliphatic rings. The van der Waals surface area contributed by atoms with Crippen molar-refractivity contribution in [3.63, 3.8) is 0 Å². The van der Waals surface area contributed by atoms with Gasteiger partial charge in [0.2, 0.25) is 11.8 Å². The molecule has 0 fully saturated rings. The van der Waals surface area contributed by atoms with Crippen LogP contribution in [0.15, 0.2) is 60.7 Å². The Morgan fingerprint density at radius 3 is 1.91 bits per heavy atom. The highest BCUT2D eigenvalue weighted by Gasteiger charge is 2.31. The van der Waals surface area contributed by atoms with E-state index in [1.807, 2.05) is 74.5 Å². The molecule has 0 bridgehead atoms. The first-order chi connectivity index (χ1) is 16.6. The molecule has 0 saturated heterocycles. The summed E-state index contributed by atoms with van der Waals surface area (Å²) in [6.07, 6.45) is 1.76. The third kappa shape index (κ3) is 9.41. The summed E-state index contributed by atoms with van der Waals surface area (Å²) in [5, 5.41) is 13.5. The average Bonchev–Trinajstić information content (AvgIpc) is 2.85. The SMILES string of the molecule is C[C@@H](c1ccccc1)N(CC(=O)N(CC(C)(N)O)[C@@H](C)c1ccccc1)C(=O)CNCCCCN. The zero-order valence-corrected chi connectivity index (χ0v) is 21.2. The van der Waals surface area contributed by atoms with Gasteiger partial charge in [0.05, 0.1) is 25.2 Å². The van der Waals surface area contributed by atoms with Gasteiger partial charge in [-0.15, -0.1) is 0 Å². The monoisotopic (exact) mass is 483 g/mol. The second kappa shape index (κ2) is 13.9. The van der Waals surface area contributed by atoms with Crippen LogP contribution in [0.1, 0.15) is 56.8 Å². The van der Waals surface area contributed by atoms with E-state index < -0.39 is 5.72 Å². The van der Waals surface area contributed by atoms with E-state index in [0.717, 1.165) is 24.0 Å². The number of unbranched alkanes of at least 4 members (excludes halogenated alkanes) is 1. The Balaban J connectivity index is 2.26. The third-order valence-corrected chi connectivity index (χ3v) is 6.02. The number of carbonyl (C=O) groups excluding carboxylic acids is 2. The molecule has 192 valence electrons. The van der Waals surface area contributed by atoms with Crippen molar-refractivity contribution in [3.8, 4) is 0 Å². The predicted molar refractivity (Wildman–Crippen MR) is 139 cm³/mol. The van der Waals surface area contributed by atoms with Crippen LogP contribution in [0.2, 0.25) is 0 Å². The quantitative estimate of drug-likeness (QED) is 0.241. The molecule has 1 unspecified atom stereocenters. The fraction of sp³-hybridized carbons (Fsp3) is 0.481. The highest BCUT2D eigenvalue weighted by Crippen LogP contribution is 2.24. The van der Waals surface area contributed by atoms with Crippen molar-refractivity contribution >= 4 is 11.8 Å². The molecule has 2 rings (SSSR count). The largest absolute Gasteiger partial charge is 0.375 e. The number of nitrogens with zero attached hydrogens (tertiary/aromatic N) is 2. The Bertz CT molecular complexity index is 902. The van der Waals surface area contributed by atoms with E-state index in [1.165, 1.54) is 6.92 Å². The molecule has 0 aromatic heterocycles. The molecule has 2 aromatic carbocycles. The first-order valence-corrected chi connectivity index (χ1v) is 12.2. The smallest absolute Gasteiger partial charge is 0.242 e. The number of amides is 2. The minimum Gasteiger partial charge on any atom is -0.375 e. The molecule has 0 radical (unpaired) electrons. The van der Waals surface area contributed by atoms with Crippen molar-refractivity contribution in [1.82, 2.24) is 15.1 Å². The minimum absolute atomic E-state index is 0.0685. The van der Waals surface area contributed by atoms with E-state index in [4.69, 9.17) is 11.5 Å².